The van der Waals surface area contributed by atoms with Crippen LogP contribution < -0.4 is 10.6 Å². The summed E-state index contributed by atoms with van der Waals surface area (Å²) in [4.78, 5) is 38.3. The molecule has 0 fully saturated rings. The summed E-state index contributed by atoms with van der Waals surface area (Å²) in [6, 6.07) is 15.2. The standard InChI is InChI=1S/C23H29N3O4/c1-16(24-21(28)18-11-7-6-8-12-18)20(27)25-19-13-9-10-17(14-19)15-26(5)22(29)30-23(2,3)4/h6-14,16H,15H2,1-5H3,(H,24,28)(H,25,27). The first-order valence-electron chi connectivity index (χ1n) is 9.75. The van der Waals surface area contributed by atoms with Gasteiger partial charge in [-0.05, 0) is 57.5 Å². The number of carbonyl (C=O) groups is 3. The van der Waals surface area contributed by atoms with E-state index in [-0.39, 0.29) is 11.8 Å². The molecule has 0 spiro atoms. The van der Waals surface area contributed by atoms with Gasteiger partial charge in [0.2, 0.25) is 5.91 Å². The molecule has 2 N–H and O–H groups in total. The fourth-order valence-electron chi connectivity index (χ4n) is 2.61. The zero-order valence-electron chi connectivity index (χ0n) is 18.1. The summed E-state index contributed by atoms with van der Waals surface area (Å²) in [6.07, 6.45) is -0.422. The van der Waals surface area contributed by atoms with E-state index >= 15 is 0 Å². The Morgan fingerprint density at radius 2 is 1.70 bits per heavy atom. The average Bonchev–Trinajstić information content (AvgIpc) is 2.67. The molecule has 0 heterocycles. The average molecular weight is 412 g/mol. The van der Waals surface area contributed by atoms with Gasteiger partial charge in [0.25, 0.3) is 5.91 Å². The second-order valence-corrected chi connectivity index (χ2v) is 8.09. The van der Waals surface area contributed by atoms with Crippen LogP contribution in [-0.4, -0.2) is 41.5 Å². The zero-order chi connectivity index (χ0) is 22.3. The van der Waals surface area contributed by atoms with Crippen molar-refractivity contribution in [3.05, 3.63) is 65.7 Å². The Morgan fingerprint density at radius 1 is 1.03 bits per heavy atom. The number of amides is 3. The van der Waals surface area contributed by atoms with E-state index in [1.54, 1.807) is 56.4 Å². The molecule has 0 aliphatic carbocycles. The number of anilines is 1. The van der Waals surface area contributed by atoms with Crippen LogP contribution in [0, 0.1) is 0 Å². The number of ether oxygens (including phenoxy) is 1. The largest absolute Gasteiger partial charge is 0.444 e. The lowest BCUT2D eigenvalue weighted by molar-refractivity contribution is -0.117. The summed E-state index contributed by atoms with van der Waals surface area (Å²) in [7, 11) is 1.65. The molecule has 3 amide bonds. The van der Waals surface area contributed by atoms with E-state index in [4.69, 9.17) is 4.74 Å². The topological polar surface area (TPSA) is 87.7 Å². The van der Waals surface area contributed by atoms with Crippen LogP contribution in [0.5, 0.6) is 0 Å². The first-order valence-corrected chi connectivity index (χ1v) is 9.75. The fourth-order valence-corrected chi connectivity index (χ4v) is 2.61. The normalized spacial score (nSPS) is 11.9. The van der Waals surface area contributed by atoms with Gasteiger partial charge in [-0.1, -0.05) is 30.3 Å². The molecule has 2 aromatic carbocycles. The van der Waals surface area contributed by atoms with Crippen molar-refractivity contribution in [2.45, 2.75) is 45.9 Å². The lowest BCUT2D eigenvalue weighted by Crippen LogP contribution is -2.41. The Bertz CT molecular complexity index is 891. The molecule has 30 heavy (non-hydrogen) atoms. The van der Waals surface area contributed by atoms with Gasteiger partial charge >= 0.3 is 6.09 Å². The molecule has 0 saturated carbocycles. The highest BCUT2D eigenvalue weighted by Crippen LogP contribution is 2.15. The highest BCUT2D eigenvalue weighted by Gasteiger charge is 2.20. The second-order valence-electron chi connectivity index (χ2n) is 8.09. The molecule has 0 aromatic heterocycles. The lowest BCUT2D eigenvalue weighted by atomic mass is 10.1. The number of hydrogen-bond acceptors (Lipinski definition) is 4. The van der Waals surface area contributed by atoms with Crippen LogP contribution in [0.15, 0.2) is 54.6 Å². The third kappa shape index (κ3) is 7.24. The van der Waals surface area contributed by atoms with Crippen molar-refractivity contribution in [3.8, 4) is 0 Å². The smallest absolute Gasteiger partial charge is 0.410 e. The number of hydrogen-bond donors (Lipinski definition) is 2. The predicted octanol–water partition coefficient (Wildman–Crippen LogP) is 3.81. The van der Waals surface area contributed by atoms with Crippen molar-refractivity contribution in [2.24, 2.45) is 0 Å². The summed E-state index contributed by atoms with van der Waals surface area (Å²) in [5.74, 6) is -0.650. The Balaban J connectivity index is 1.94. The monoisotopic (exact) mass is 411 g/mol. The summed E-state index contributed by atoms with van der Waals surface area (Å²) in [6.45, 7) is 7.39. The van der Waals surface area contributed by atoms with Gasteiger partial charge in [0, 0.05) is 24.8 Å². The van der Waals surface area contributed by atoms with Gasteiger partial charge in [-0.3, -0.25) is 9.59 Å². The Kier molecular flexibility index (Phi) is 7.58. The fraction of sp³-hybridized carbons (Fsp3) is 0.348. The molecule has 7 heteroatoms. The maximum Gasteiger partial charge on any atom is 0.410 e. The van der Waals surface area contributed by atoms with E-state index in [9.17, 15) is 14.4 Å². The molecular weight excluding hydrogens is 382 g/mol. The predicted molar refractivity (Wildman–Crippen MR) is 116 cm³/mol. The molecule has 0 bridgehead atoms. The second kappa shape index (κ2) is 9.91. The van der Waals surface area contributed by atoms with Crippen LogP contribution in [0.25, 0.3) is 0 Å². The van der Waals surface area contributed by atoms with Gasteiger partial charge in [0.15, 0.2) is 0 Å². The molecular formula is C23H29N3O4. The Morgan fingerprint density at radius 3 is 2.33 bits per heavy atom. The van der Waals surface area contributed by atoms with Crippen molar-refractivity contribution in [1.82, 2.24) is 10.2 Å². The third-order valence-corrected chi connectivity index (χ3v) is 4.10. The molecule has 0 aliphatic rings. The van der Waals surface area contributed by atoms with E-state index in [0.29, 0.717) is 17.8 Å². The molecule has 160 valence electrons. The van der Waals surface area contributed by atoms with Crippen molar-refractivity contribution < 1.29 is 19.1 Å². The van der Waals surface area contributed by atoms with Crippen LogP contribution in [0.3, 0.4) is 0 Å². The molecule has 0 aliphatic heterocycles. The van der Waals surface area contributed by atoms with E-state index in [2.05, 4.69) is 10.6 Å². The Hall–Kier alpha value is -3.35. The maximum atomic E-state index is 12.5. The number of nitrogens with one attached hydrogen (secondary N) is 2. The molecule has 7 nitrogen and oxygen atoms in total. The number of rotatable bonds is 6. The van der Waals surface area contributed by atoms with Gasteiger partial charge in [0.05, 0.1) is 0 Å². The summed E-state index contributed by atoms with van der Waals surface area (Å²) in [5, 5.41) is 5.47. The Labute approximate surface area is 177 Å². The van der Waals surface area contributed by atoms with Crippen LogP contribution >= 0.6 is 0 Å². The van der Waals surface area contributed by atoms with Crippen LogP contribution in [0.4, 0.5) is 10.5 Å². The van der Waals surface area contributed by atoms with Crippen molar-refractivity contribution in [2.75, 3.05) is 12.4 Å². The lowest BCUT2D eigenvalue weighted by Gasteiger charge is -2.24. The number of carbonyl (C=O) groups excluding carboxylic acids is 3. The van der Waals surface area contributed by atoms with Gasteiger partial charge in [-0.25, -0.2) is 4.79 Å². The first-order chi connectivity index (χ1) is 14.0. The summed E-state index contributed by atoms with van der Waals surface area (Å²) in [5.41, 5.74) is 1.34. The zero-order valence-corrected chi connectivity index (χ0v) is 18.1. The minimum atomic E-state index is -0.717. The molecule has 2 rings (SSSR count). The van der Waals surface area contributed by atoms with Crippen molar-refractivity contribution in [1.29, 1.82) is 0 Å². The molecule has 1 unspecified atom stereocenters. The van der Waals surface area contributed by atoms with E-state index in [1.807, 2.05) is 32.9 Å². The van der Waals surface area contributed by atoms with Gasteiger partial charge in [-0.2, -0.15) is 0 Å². The third-order valence-electron chi connectivity index (χ3n) is 4.10. The minimum Gasteiger partial charge on any atom is -0.444 e. The van der Waals surface area contributed by atoms with Crippen LogP contribution in [0.1, 0.15) is 43.6 Å². The van der Waals surface area contributed by atoms with E-state index in [0.717, 1.165) is 5.56 Å². The maximum absolute atomic E-state index is 12.5. The van der Waals surface area contributed by atoms with Crippen LogP contribution in [-0.2, 0) is 16.1 Å². The quantitative estimate of drug-likeness (QED) is 0.757. The highest BCUT2D eigenvalue weighted by atomic mass is 16.6. The highest BCUT2D eigenvalue weighted by molar-refractivity contribution is 6.00. The molecule has 1 atom stereocenters. The first kappa shape index (κ1) is 22.9. The molecule has 0 saturated heterocycles. The van der Waals surface area contributed by atoms with Crippen molar-refractivity contribution >= 4 is 23.6 Å². The van der Waals surface area contributed by atoms with E-state index < -0.39 is 17.7 Å². The molecule has 2 aromatic rings. The summed E-state index contributed by atoms with van der Waals surface area (Å²) >= 11 is 0. The minimum absolute atomic E-state index is 0.314. The number of nitrogens with zero attached hydrogens (tertiary/aromatic N) is 1. The van der Waals surface area contributed by atoms with E-state index in [1.165, 1.54) is 4.90 Å². The number of benzene rings is 2. The van der Waals surface area contributed by atoms with Crippen molar-refractivity contribution in [3.63, 3.8) is 0 Å². The summed E-state index contributed by atoms with van der Waals surface area (Å²) < 4.78 is 5.35. The van der Waals surface area contributed by atoms with Crippen LogP contribution in [0.2, 0.25) is 0 Å². The van der Waals surface area contributed by atoms with Gasteiger partial charge in [0.1, 0.15) is 11.6 Å². The SMILES string of the molecule is CC(NC(=O)c1ccccc1)C(=O)Nc1cccc(CN(C)C(=O)OC(C)(C)C)c1. The molecule has 0 radical (unpaired) electrons. The van der Waals surface area contributed by atoms with Gasteiger partial charge in [-0.15, -0.1) is 0 Å². The van der Waals surface area contributed by atoms with Gasteiger partial charge < -0.3 is 20.3 Å².